The topological polar surface area (TPSA) is 24.5 Å². The average molecular weight is 296 g/mol. The van der Waals surface area contributed by atoms with Gasteiger partial charge in [0.1, 0.15) is 0 Å². The highest BCUT2D eigenvalue weighted by molar-refractivity contribution is 5.32. The molecular formula is C17H29FN2O. The van der Waals surface area contributed by atoms with Crippen LogP contribution in [-0.2, 0) is 0 Å². The molecule has 21 heavy (non-hydrogen) atoms. The smallest absolute Gasteiger partial charge is 0.165 e. The maximum absolute atomic E-state index is 14.1. The molecule has 0 heterocycles. The van der Waals surface area contributed by atoms with Crippen LogP contribution in [0.15, 0.2) is 18.2 Å². The van der Waals surface area contributed by atoms with Crippen LogP contribution in [-0.4, -0.2) is 38.2 Å². The van der Waals surface area contributed by atoms with Crippen LogP contribution in [0.2, 0.25) is 0 Å². The van der Waals surface area contributed by atoms with Crippen LogP contribution in [0, 0.1) is 5.82 Å². The highest BCUT2D eigenvalue weighted by atomic mass is 19.1. The summed E-state index contributed by atoms with van der Waals surface area (Å²) in [7, 11) is 5.63. The van der Waals surface area contributed by atoms with Crippen LogP contribution < -0.4 is 10.1 Å². The summed E-state index contributed by atoms with van der Waals surface area (Å²) < 4.78 is 19.1. The van der Waals surface area contributed by atoms with Crippen LogP contribution in [0.3, 0.4) is 0 Å². The van der Waals surface area contributed by atoms with Gasteiger partial charge in [-0.3, -0.25) is 0 Å². The summed E-state index contributed by atoms with van der Waals surface area (Å²) in [5.74, 6) is -0.0217. The average Bonchev–Trinajstić information content (AvgIpc) is 2.47. The van der Waals surface area contributed by atoms with Crippen molar-refractivity contribution in [3.8, 4) is 5.75 Å². The first-order valence-electron chi connectivity index (χ1n) is 7.64. The molecule has 0 radical (unpaired) electrons. The summed E-state index contributed by atoms with van der Waals surface area (Å²) in [6.07, 6.45) is 2.01. The third kappa shape index (κ3) is 3.95. The number of nitrogens with zero attached hydrogens (tertiary/aromatic N) is 1. The quantitative estimate of drug-likeness (QED) is 0.793. The lowest BCUT2D eigenvalue weighted by molar-refractivity contribution is 0.112. The second-order valence-electron chi connectivity index (χ2n) is 5.89. The lowest BCUT2D eigenvalue weighted by atomic mass is 9.83. The van der Waals surface area contributed by atoms with E-state index in [0.29, 0.717) is 0 Å². The zero-order valence-corrected chi connectivity index (χ0v) is 14.2. The van der Waals surface area contributed by atoms with Crippen LogP contribution in [0.4, 0.5) is 4.39 Å². The van der Waals surface area contributed by atoms with Gasteiger partial charge in [-0.15, -0.1) is 0 Å². The molecule has 1 aromatic carbocycles. The maximum Gasteiger partial charge on any atom is 0.165 e. The van der Waals surface area contributed by atoms with E-state index in [4.69, 9.17) is 4.74 Å². The molecule has 1 aromatic rings. The second kappa shape index (κ2) is 7.76. The third-order valence-corrected chi connectivity index (χ3v) is 4.47. The Kier molecular flexibility index (Phi) is 6.62. The zero-order valence-electron chi connectivity index (χ0n) is 14.2. The Bertz CT molecular complexity index is 450. The number of ether oxygens (including phenoxy) is 1. The van der Waals surface area contributed by atoms with E-state index in [2.05, 4.69) is 45.1 Å². The number of hydrogen-bond donors (Lipinski definition) is 1. The highest BCUT2D eigenvalue weighted by Gasteiger charge is 2.35. The summed E-state index contributed by atoms with van der Waals surface area (Å²) in [6.45, 7) is 7.42. The van der Waals surface area contributed by atoms with Crippen molar-refractivity contribution in [2.24, 2.45) is 0 Å². The molecule has 2 unspecified atom stereocenters. The van der Waals surface area contributed by atoms with Crippen molar-refractivity contribution in [2.45, 2.75) is 45.2 Å². The Morgan fingerprint density at radius 1 is 1.33 bits per heavy atom. The van der Waals surface area contributed by atoms with Gasteiger partial charge in [0, 0.05) is 5.54 Å². The number of halogens is 1. The fraction of sp³-hybridized carbons (Fsp3) is 0.647. The predicted molar refractivity (Wildman–Crippen MR) is 86.4 cm³/mol. The predicted octanol–water partition coefficient (Wildman–Crippen LogP) is 3.61. The van der Waals surface area contributed by atoms with Crippen molar-refractivity contribution in [2.75, 3.05) is 27.7 Å². The molecule has 3 nitrogen and oxygen atoms in total. The molecule has 0 spiro atoms. The molecule has 0 bridgehead atoms. The molecule has 4 heteroatoms. The molecule has 0 aliphatic heterocycles. The molecule has 0 amide bonds. The monoisotopic (exact) mass is 296 g/mol. The minimum absolute atomic E-state index is 0.0675. The SMILES string of the molecule is CCCNC(c1ccc(OC)c(F)c1)C(C)(CC)N(C)C. The fourth-order valence-corrected chi connectivity index (χ4v) is 2.63. The van der Waals surface area contributed by atoms with Crippen molar-refractivity contribution >= 4 is 0 Å². The first kappa shape index (κ1) is 17.9. The largest absolute Gasteiger partial charge is 0.494 e. The van der Waals surface area contributed by atoms with Crippen molar-refractivity contribution < 1.29 is 9.13 Å². The second-order valence-corrected chi connectivity index (χ2v) is 5.89. The van der Waals surface area contributed by atoms with Crippen molar-refractivity contribution in [1.29, 1.82) is 0 Å². The fourth-order valence-electron chi connectivity index (χ4n) is 2.63. The van der Waals surface area contributed by atoms with Gasteiger partial charge in [0.2, 0.25) is 0 Å². The van der Waals surface area contributed by atoms with Gasteiger partial charge in [-0.25, -0.2) is 4.39 Å². The van der Waals surface area contributed by atoms with Gasteiger partial charge in [0.15, 0.2) is 11.6 Å². The lowest BCUT2D eigenvalue weighted by Crippen LogP contribution is -2.51. The van der Waals surface area contributed by atoms with E-state index in [-0.39, 0.29) is 23.1 Å². The highest BCUT2D eigenvalue weighted by Crippen LogP contribution is 2.34. The third-order valence-electron chi connectivity index (χ3n) is 4.47. The molecule has 0 aliphatic carbocycles. The van der Waals surface area contributed by atoms with Crippen LogP contribution in [0.5, 0.6) is 5.75 Å². The Morgan fingerprint density at radius 3 is 2.43 bits per heavy atom. The van der Waals surface area contributed by atoms with E-state index in [9.17, 15) is 4.39 Å². The minimum Gasteiger partial charge on any atom is -0.494 e. The van der Waals surface area contributed by atoms with Gasteiger partial charge in [0.25, 0.3) is 0 Å². The van der Waals surface area contributed by atoms with Crippen LogP contribution >= 0.6 is 0 Å². The van der Waals surface area contributed by atoms with E-state index < -0.39 is 0 Å². The van der Waals surface area contributed by atoms with E-state index >= 15 is 0 Å². The molecule has 2 atom stereocenters. The normalized spacial score (nSPS) is 15.8. The Balaban J connectivity index is 3.21. The molecular weight excluding hydrogens is 267 g/mol. The summed E-state index contributed by atoms with van der Waals surface area (Å²) >= 11 is 0. The number of benzene rings is 1. The molecule has 0 fully saturated rings. The maximum atomic E-state index is 14.1. The van der Waals surface area contributed by atoms with E-state index in [0.717, 1.165) is 24.9 Å². The lowest BCUT2D eigenvalue weighted by Gasteiger charge is -2.43. The zero-order chi connectivity index (χ0) is 16.0. The van der Waals surface area contributed by atoms with Crippen LogP contribution in [0.1, 0.15) is 45.2 Å². The Morgan fingerprint density at radius 2 is 2.00 bits per heavy atom. The Hall–Kier alpha value is -1.13. The Labute approximate surface area is 128 Å². The first-order chi connectivity index (χ1) is 9.90. The van der Waals surface area contributed by atoms with Crippen molar-refractivity contribution in [3.63, 3.8) is 0 Å². The first-order valence-corrected chi connectivity index (χ1v) is 7.64. The number of methoxy groups -OCH3 is 1. The molecule has 0 saturated carbocycles. The molecule has 0 aliphatic rings. The van der Waals surface area contributed by atoms with Gasteiger partial charge in [-0.05, 0) is 58.1 Å². The van der Waals surface area contributed by atoms with Gasteiger partial charge < -0.3 is 15.0 Å². The standard InChI is InChI=1S/C17H29FN2O/c1-7-11-19-16(17(3,8-2)20(4)5)13-9-10-15(21-6)14(18)12-13/h9-10,12,16,19H,7-8,11H2,1-6H3. The summed E-state index contributed by atoms with van der Waals surface area (Å²) in [4.78, 5) is 2.21. The molecule has 1 N–H and O–H groups in total. The molecule has 0 aromatic heterocycles. The minimum atomic E-state index is -0.310. The van der Waals surface area contributed by atoms with Gasteiger partial charge in [-0.2, -0.15) is 0 Å². The molecule has 0 saturated heterocycles. The number of rotatable bonds is 8. The van der Waals surface area contributed by atoms with E-state index in [1.165, 1.54) is 7.11 Å². The summed E-state index contributed by atoms with van der Waals surface area (Å²) in [6, 6.07) is 5.31. The van der Waals surface area contributed by atoms with Gasteiger partial charge in [0.05, 0.1) is 13.2 Å². The van der Waals surface area contributed by atoms with Crippen molar-refractivity contribution in [1.82, 2.24) is 10.2 Å². The molecule has 120 valence electrons. The van der Waals surface area contributed by atoms with E-state index in [1.54, 1.807) is 12.1 Å². The molecule has 1 rings (SSSR count). The van der Waals surface area contributed by atoms with Crippen molar-refractivity contribution in [3.05, 3.63) is 29.6 Å². The van der Waals surface area contributed by atoms with E-state index in [1.807, 2.05) is 6.07 Å². The van der Waals surface area contributed by atoms with Gasteiger partial charge >= 0.3 is 0 Å². The number of hydrogen-bond acceptors (Lipinski definition) is 3. The van der Waals surface area contributed by atoms with Crippen LogP contribution in [0.25, 0.3) is 0 Å². The summed E-state index contributed by atoms with van der Waals surface area (Å²) in [5, 5.41) is 3.57. The number of likely N-dealkylation sites (N-methyl/N-ethyl adjacent to an activating group) is 1. The summed E-state index contributed by atoms with van der Waals surface area (Å²) in [5.41, 5.74) is 0.871. The van der Waals surface area contributed by atoms with Gasteiger partial charge in [-0.1, -0.05) is 19.9 Å². The number of nitrogens with one attached hydrogen (secondary N) is 1.